The number of anilines is 1. The summed E-state index contributed by atoms with van der Waals surface area (Å²) >= 11 is 0. The Morgan fingerprint density at radius 3 is 2.44 bits per heavy atom. The van der Waals surface area contributed by atoms with E-state index in [-0.39, 0.29) is 5.78 Å². The van der Waals surface area contributed by atoms with Gasteiger partial charge in [0, 0.05) is 23.8 Å². The summed E-state index contributed by atoms with van der Waals surface area (Å²) in [5.74, 6) is 0.118. The number of nitrogens with one attached hydrogen (secondary N) is 1. The van der Waals surface area contributed by atoms with E-state index >= 15 is 0 Å². The van der Waals surface area contributed by atoms with Gasteiger partial charge in [0.15, 0.2) is 5.78 Å². The molecule has 0 aliphatic carbocycles. The summed E-state index contributed by atoms with van der Waals surface area (Å²) in [5, 5.41) is 3.43. The zero-order valence-corrected chi connectivity index (χ0v) is 11.3. The number of likely N-dealkylation sites (tertiary alicyclic amines) is 1. The number of carbonyl (C=O) groups excluding carboxylic acids is 1. The first-order valence-corrected chi connectivity index (χ1v) is 6.76. The summed E-state index contributed by atoms with van der Waals surface area (Å²) in [6.45, 7) is 7.28. The van der Waals surface area contributed by atoms with Gasteiger partial charge in [-0.3, -0.25) is 9.69 Å². The molecule has 2 rings (SSSR count). The van der Waals surface area contributed by atoms with E-state index < -0.39 is 0 Å². The Labute approximate surface area is 109 Å². The van der Waals surface area contributed by atoms with Gasteiger partial charge in [-0.2, -0.15) is 0 Å². The number of hydrogen-bond acceptors (Lipinski definition) is 3. The predicted octanol–water partition coefficient (Wildman–Crippen LogP) is 2.79. The molecule has 1 heterocycles. The molecule has 1 saturated heterocycles. The molecular weight excluding hydrogens is 224 g/mol. The number of Topliss-reactive ketones (excluding diaryl/α,β-unsaturated/α-hetero) is 1. The SMILES string of the molecule is CC(=O)c1ccc(NCC(C)N2CCCC2)cc1. The topological polar surface area (TPSA) is 32.3 Å². The van der Waals surface area contributed by atoms with Gasteiger partial charge in [0.25, 0.3) is 0 Å². The van der Waals surface area contributed by atoms with Crippen molar-refractivity contribution in [3.05, 3.63) is 29.8 Å². The fourth-order valence-corrected chi connectivity index (χ4v) is 2.40. The van der Waals surface area contributed by atoms with Crippen molar-refractivity contribution in [1.82, 2.24) is 4.90 Å². The van der Waals surface area contributed by atoms with Gasteiger partial charge in [-0.15, -0.1) is 0 Å². The smallest absolute Gasteiger partial charge is 0.159 e. The van der Waals surface area contributed by atoms with Crippen molar-refractivity contribution < 1.29 is 4.79 Å². The molecule has 0 spiro atoms. The van der Waals surface area contributed by atoms with Crippen molar-refractivity contribution in [2.24, 2.45) is 0 Å². The highest BCUT2D eigenvalue weighted by molar-refractivity contribution is 5.94. The molecule has 1 aromatic rings. The van der Waals surface area contributed by atoms with Gasteiger partial charge in [0.2, 0.25) is 0 Å². The summed E-state index contributed by atoms with van der Waals surface area (Å²) in [4.78, 5) is 13.7. The first-order chi connectivity index (χ1) is 8.66. The zero-order chi connectivity index (χ0) is 13.0. The van der Waals surface area contributed by atoms with Gasteiger partial charge >= 0.3 is 0 Å². The van der Waals surface area contributed by atoms with Gasteiger partial charge < -0.3 is 5.32 Å². The van der Waals surface area contributed by atoms with Crippen LogP contribution in [-0.2, 0) is 0 Å². The van der Waals surface area contributed by atoms with Crippen LogP contribution in [0.1, 0.15) is 37.0 Å². The van der Waals surface area contributed by atoms with E-state index in [4.69, 9.17) is 0 Å². The molecule has 0 radical (unpaired) electrons. The lowest BCUT2D eigenvalue weighted by atomic mass is 10.1. The number of benzene rings is 1. The maximum atomic E-state index is 11.2. The van der Waals surface area contributed by atoms with E-state index in [1.54, 1.807) is 6.92 Å². The van der Waals surface area contributed by atoms with E-state index in [0.29, 0.717) is 6.04 Å². The summed E-state index contributed by atoms with van der Waals surface area (Å²) in [6, 6.07) is 8.29. The number of hydrogen-bond donors (Lipinski definition) is 1. The molecule has 0 bridgehead atoms. The average Bonchev–Trinajstić information content (AvgIpc) is 2.90. The van der Waals surface area contributed by atoms with E-state index in [1.807, 2.05) is 24.3 Å². The number of nitrogens with zero attached hydrogens (tertiary/aromatic N) is 1. The Balaban J connectivity index is 1.84. The molecule has 1 aromatic carbocycles. The van der Waals surface area contributed by atoms with Crippen LogP contribution in [0.25, 0.3) is 0 Å². The molecule has 1 atom stereocenters. The first-order valence-electron chi connectivity index (χ1n) is 6.76. The Bertz CT molecular complexity index is 393. The van der Waals surface area contributed by atoms with Crippen LogP contribution in [0.4, 0.5) is 5.69 Å². The van der Waals surface area contributed by atoms with Crippen molar-refractivity contribution >= 4 is 11.5 Å². The predicted molar refractivity (Wildman–Crippen MR) is 75.2 cm³/mol. The second kappa shape index (κ2) is 6.01. The van der Waals surface area contributed by atoms with Crippen LogP contribution in [0, 0.1) is 0 Å². The lowest BCUT2D eigenvalue weighted by Crippen LogP contribution is -2.35. The van der Waals surface area contributed by atoms with Gasteiger partial charge in [-0.05, 0) is 64.0 Å². The molecule has 0 amide bonds. The molecular formula is C15H22N2O. The number of carbonyl (C=O) groups is 1. The second-order valence-corrected chi connectivity index (χ2v) is 5.11. The highest BCUT2D eigenvalue weighted by Crippen LogP contribution is 2.14. The summed E-state index contributed by atoms with van der Waals surface area (Å²) in [6.07, 6.45) is 2.66. The van der Waals surface area contributed by atoms with Crippen LogP contribution in [0.3, 0.4) is 0 Å². The van der Waals surface area contributed by atoms with Gasteiger partial charge in [0.1, 0.15) is 0 Å². The van der Waals surface area contributed by atoms with E-state index in [9.17, 15) is 4.79 Å². The molecule has 1 aliphatic heterocycles. The maximum absolute atomic E-state index is 11.2. The molecule has 3 nitrogen and oxygen atoms in total. The van der Waals surface area contributed by atoms with Crippen LogP contribution in [0.5, 0.6) is 0 Å². The first kappa shape index (κ1) is 13.1. The fraction of sp³-hybridized carbons (Fsp3) is 0.533. The third-order valence-electron chi connectivity index (χ3n) is 3.66. The van der Waals surface area contributed by atoms with E-state index in [1.165, 1.54) is 25.9 Å². The molecule has 1 aliphatic rings. The summed E-state index contributed by atoms with van der Waals surface area (Å²) < 4.78 is 0. The highest BCUT2D eigenvalue weighted by atomic mass is 16.1. The summed E-state index contributed by atoms with van der Waals surface area (Å²) in [7, 11) is 0. The highest BCUT2D eigenvalue weighted by Gasteiger charge is 2.17. The quantitative estimate of drug-likeness (QED) is 0.811. The Morgan fingerprint density at radius 1 is 1.28 bits per heavy atom. The second-order valence-electron chi connectivity index (χ2n) is 5.11. The molecule has 1 unspecified atom stereocenters. The Hall–Kier alpha value is -1.35. The molecule has 1 N–H and O–H groups in total. The van der Waals surface area contributed by atoms with Crippen LogP contribution < -0.4 is 5.32 Å². The Morgan fingerprint density at radius 2 is 1.89 bits per heavy atom. The minimum Gasteiger partial charge on any atom is -0.383 e. The minimum atomic E-state index is 0.118. The van der Waals surface area contributed by atoms with E-state index in [2.05, 4.69) is 17.1 Å². The Kier molecular flexibility index (Phi) is 4.37. The molecule has 0 saturated carbocycles. The lowest BCUT2D eigenvalue weighted by molar-refractivity contribution is 0.101. The van der Waals surface area contributed by atoms with Crippen molar-refractivity contribution in [2.45, 2.75) is 32.7 Å². The summed E-state index contributed by atoms with van der Waals surface area (Å²) in [5.41, 5.74) is 1.86. The normalized spacial score (nSPS) is 17.7. The largest absolute Gasteiger partial charge is 0.383 e. The van der Waals surface area contributed by atoms with Crippen LogP contribution in [0.2, 0.25) is 0 Å². The van der Waals surface area contributed by atoms with Crippen molar-refractivity contribution in [3.63, 3.8) is 0 Å². The van der Waals surface area contributed by atoms with Crippen molar-refractivity contribution in [2.75, 3.05) is 25.0 Å². The van der Waals surface area contributed by atoms with Crippen LogP contribution in [0.15, 0.2) is 24.3 Å². The van der Waals surface area contributed by atoms with Gasteiger partial charge in [-0.1, -0.05) is 0 Å². The molecule has 18 heavy (non-hydrogen) atoms. The fourth-order valence-electron chi connectivity index (χ4n) is 2.40. The molecule has 1 fully saturated rings. The standard InChI is InChI=1S/C15H22N2O/c1-12(17-9-3-4-10-17)11-16-15-7-5-14(6-8-15)13(2)18/h5-8,12,16H,3-4,9-11H2,1-2H3. The molecule has 98 valence electrons. The van der Waals surface area contributed by atoms with Crippen molar-refractivity contribution in [3.8, 4) is 0 Å². The minimum absolute atomic E-state index is 0.118. The molecule has 3 heteroatoms. The van der Waals surface area contributed by atoms with Crippen LogP contribution >= 0.6 is 0 Å². The zero-order valence-electron chi connectivity index (χ0n) is 11.3. The maximum Gasteiger partial charge on any atom is 0.159 e. The average molecular weight is 246 g/mol. The third-order valence-corrected chi connectivity index (χ3v) is 3.66. The van der Waals surface area contributed by atoms with Crippen molar-refractivity contribution in [1.29, 1.82) is 0 Å². The lowest BCUT2D eigenvalue weighted by Gasteiger charge is -2.24. The molecule has 0 aromatic heterocycles. The van der Waals surface area contributed by atoms with E-state index in [0.717, 1.165) is 17.8 Å². The number of rotatable bonds is 5. The third kappa shape index (κ3) is 3.33. The monoisotopic (exact) mass is 246 g/mol. The van der Waals surface area contributed by atoms with Gasteiger partial charge in [-0.25, -0.2) is 0 Å². The van der Waals surface area contributed by atoms with Gasteiger partial charge in [0.05, 0.1) is 0 Å². The number of ketones is 1. The van der Waals surface area contributed by atoms with Crippen LogP contribution in [-0.4, -0.2) is 36.4 Å².